The van der Waals surface area contributed by atoms with Gasteiger partial charge in [0.15, 0.2) is 0 Å². The molecule has 6 nitrogen and oxygen atoms in total. The standard InChI is InChI=1S/C15H7ClF12N4O2/c16-5-1-3-6(4-2-5)29-9-30-10(33-7(12(17,18)19)13(20,21)22)32-11(31-9)34-8(14(23,24)25)15(26,27)28/h1-4,7-8H,(H,29,30,31,32). The van der Waals surface area contributed by atoms with Crippen LogP contribution >= 0.6 is 11.6 Å². The molecule has 0 aliphatic carbocycles. The molecular formula is C15H7ClF12N4O2. The fourth-order valence-electron chi connectivity index (χ4n) is 2.01. The number of hydrogen-bond acceptors (Lipinski definition) is 6. The number of nitrogens with one attached hydrogen (secondary N) is 1. The maximum absolute atomic E-state index is 12.7. The molecule has 0 spiro atoms. The molecule has 0 aliphatic rings. The third kappa shape index (κ3) is 7.56. The summed E-state index contributed by atoms with van der Waals surface area (Å²) in [6.07, 6.45) is -33.6. The number of aromatic nitrogens is 3. The minimum Gasteiger partial charge on any atom is -0.440 e. The molecule has 0 aliphatic heterocycles. The largest absolute Gasteiger partial charge is 0.440 e. The fourth-order valence-corrected chi connectivity index (χ4v) is 2.14. The lowest BCUT2D eigenvalue weighted by molar-refractivity contribution is -0.302. The maximum atomic E-state index is 12.7. The zero-order valence-corrected chi connectivity index (χ0v) is 16.3. The molecule has 0 fully saturated rings. The van der Waals surface area contributed by atoms with Crippen LogP contribution in [0.5, 0.6) is 12.0 Å². The van der Waals surface area contributed by atoms with Crippen molar-refractivity contribution in [2.45, 2.75) is 36.9 Å². The van der Waals surface area contributed by atoms with E-state index in [9.17, 15) is 52.7 Å². The molecule has 0 radical (unpaired) electrons. The van der Waals surface area contributed by atoms with Gasteiger partial charge in [0.05, 0.1) is 0 Å². The van der Waals surface area contributed by atoms with E-state index in [4.69, 9.17) is 11.6 Å². The van der Waals surface area contributed by atoms with Crippen molar-refractivity contribution in [3.8, 4) is 12.0 Å². The number of ether oxygens (including phenoxy) is 2. The van der Waals surface area contributed by atoms with Crippen LogP contribution in [-0.2, 0) is 0 Å². The zero-order valence-electron chi connectivity index (χ0n) is 15.5. The van der Waals surface area contributed by atoms with Gasteiger partial charge in [0, 0.05) is 10.7 Å². The number of nitrogens with zero attached hydrogens (tertiary/aromatic N) is 3. The van der Waals surface area contributed by atoms with Gasteiger partial charge in [-0.2, -0.15) is 62.7 Å². The van der Waals surface area contributed by atoms with Gasteiger partial charge >= 0.3 is 36.7 Å². The Morgan fingerprint density at radius 3 is 1.29 bits per heavy atom. The van der Waals surface area contributed by atoms with Crippen LogP contribution in [-0.4, -0.2) is 51.9 Å². The number of hydrogen-bond donors (Lipinski definition) is 1. The van der Waals surface area contributed by atoms with Crippen molar-refractivity contribution < 1.29 is 62.2 Å². The molecule has 0 saturated carbocycles. The van der Waals surface area contributed by atoms with E-state index in [2.05, 4.69) is 29.7 Å². The van der Waals surface area contributed by atoms with Crippen LogP contribution in [0.2, 0.25) is 5.02 Å². The first-order valence-corrected chi connectivity index (χ1v) is 8.53. The highest BCUT2D eigenvalue weighted by atomic mass is 35.5. The van der Waals surface area contributed by atoms with E-state index in [1.54, 1.807) is 0 Å². The minimum absolute atomic E-state index is 0.0844. The van der Waals surface area contributed by atoms with E-state index in [0.717, 1.165) is 12.1 Å². The number of halogens is 13. The molecule has 0 amide bonds. The minimum atomic E-state index is -6.11. The second-order valence-corrected chi connectivity index (χ2v) is 6.45. The number of alkyl halides is 12. The maximum Gasteiger partial charge on any atom is 0.434 e. The Labute approximate surface area is 184 Å². The van der Waals surface area contributed by atoms with Crippen molar-refractivity contribution in [3.05, 3.63) is 29.3 Å². The highest BCUT2D eigenvalue weighted by molar-refractivity contribution is 6.30. The third-order valence-electron chi connectivity index (χ3n) is 3.33. The normalized spacial score (nSPS) is 13.4. The highest BCUT2D eigenvalue weighted by Crippen LogP contribution is 2.38. The summed E-state index contributed by atoms with van der Waals surface area (Å²) < 4.78 is 160. The Morgan fingerprint density at radius 2 is 0.971 bits per heavy atom. The van der Waals surface area contributed by atoms with Gasteiger partial charge in [0.1, 0.15) is 0 Å². The van der Waals surface area contributed by atoms with Gasteiger partial charge in [-0.05, 0) is 24.3 Å². The molecule has 2 rings (SSSR count). The summed E-state index contributed by atoms with van der Waals surface area (Å²) in [7, 11) is 0. The first kappa shape index (κ1) is 27.3. The zero-order chi connectivity index (χ0) is 26.1. The molecule has 1 N–H and O–H groups in total. The Kier molecular flexibility index (Phi) is 7.54. The van der Waals surface area contributed by atoms with Crippen molar-refractivity contribution in [3.63, 3.8) is 0 Å². The Balaban J connectivity index is 2.53. The molecule has 34 heavy (non-hydrogen) atoms. The Morgan fingerprint density at radius 1 is 0.618 bits per heavy atom. The van der Waals surface area contributed by atoms with Crippen molar-refractivity contribution in [2.75, 3.05) is 5.32 Å². The van der Waals surface area contributed by atoms with E-state index in [1.807, 2.05) is 0 Å². The topological polar surface area (TPSA) is 69.2 Å². The highest BCUT2D eigenvalue weighted by Gasteiger charge is 2.61. The predicted octanol–water partition coefficient (Wildman–Crippen LogP) is 6.01. The van der Waals surface area contributed by atoms with Crippen molar-refractivity contribution in [2.24, 2.45) is 0 Å². The van der Waals surface area contributed by atoms with Gasteiger partial charge in [0.2, 0.25) is 5.95 Å². The number of benzene rings is 1. The van der Waals surface area contributed by atoms with E-state index >= 15 is 0 Å². The Bertz CT molecular complexity index is 896. The quantitative estimate of drug-likeness (QED) is 0.454. The second-order valence-electron chi connectivity index (χ2n) is 6.02. The van der Waals surface area contributed by atoms with Gasteiger partial charge in [-0.25, -0.2) is 0 Å². The Hall–Kier alpha value is -2.92. The monoisotopic (exact) mass is 538 g/mol. The van der Waals surface area contributed by atoms with Gasteiger partial charge in [-0.15, -0.1) is 4.98 Å². The van der Waals surface area contributed by atoms with E-state index in [1.165, 1.54) is 12.1 Å². The molecule has 2 aromatic rings. The molecular weight excluding hydrogens is 532 g/mol. The average molecular weight is 539 g/mol. The summed E-state index contributed by atoms with van der Waals surface area (Å²) in [4.78, 5) is 8.63. The van der Waals surface area contributed by atoms with Crippen LogP contribution in [0.25, 0.3) is 0 Å². The molecule has 1 heterocycles. The number of anilines is 2. The van der Waals surface area contributed by atoms with Crippen LogP contribution in [0.3, 0.4) is 0 Å². The first-order valence-electron chi connectivity index (χ1n) is 8.15. The average Bonchev–Trinajstić information content (AvgIpc) is 2.62. The summed E-state index contributed by atoms with van der Waals surface area (Å²) >= 11 is 5.62. The van der Waals surface area contributed by atoms with Crippen LogP contribution in [0.15, 0.2) is 24.3 Å². The van der Waals surface area contributed by atoms with E-state index < -0.39 is 54.9 Å². The molecule has 0 unspecified atom stereocenters. The summed E-state index contributed by atoms with van der Waals surface area (Å²) in [5, 5.41) is 2.27. The van der Waals surface area contributed by atoms with Gasteiger partial charge in [0.25, 0.3) is 12.2 Å². The van der Waals surface area contributed by atoms with Gasteiger partial charge < -0.3 is 14.8 Å². The van der Waals surface area contributed by atoms with Crippen LogP contribution in [0.1, 0.15) is 0 Å². The van der Waals surface area contributed by atoms with Crippen molar-refractivity contribution in [1.29, 1.82) is 0 Å². The van der Waals surface area contributed by atoms with Crippen LogP contribution in [0.4, 0.5) is 64.3 Å². The molecule has 1 aromatic carbocycles. The van der Waals surface area contributed by atoms with Crippen molar-refractivity contribution >= 4 is 23.2 Å². The lowest BCUT2D eigenvalue weighted by Gasteiger charge is -2.24. The molecule has 1 aromatic heterocycles. The van der Waals surface area contributed by atoms with E-state index in [-0.39, 0.29) is 10.7 Å². The molecule has 190 valence electrons. The van der Waals surface area contributed by atoms with Crippen LogP contribution < -0.4 is 14.8 Å². The predicted molar refractivity (Wildman–Crippen MR) is 87.6 cm³/mol. The summed E-state index contributed by atoms with van der Waals surface area (Å²) in [6, 6.07) is 0.846. The van der Waals surface area contributed by atoms with Gasteiger partial charge in [-0.1, -0.05) is 11.6 Å². The molecule has 0 saturated heterocycles. The third-order valence-corrected chi connectivity index (χ3v) is 3.58. The van der Waals surface area contributed by atoms with Crippen molar-refractivity contribution in [1.82, 2.24) is 15.0 Å². The first-order chi connectivity index (χ1) is 15.3. The molecule has 19 heteroatoms. The smallest absolute Gasteiger partial charge is 0.434 e. The molecule has 0 bridgehead atoms. The van der Waals surface area contributed by atoms with Crippen LogP contribution in [0, 0.1) is 0 Å². The summed E-state index contributed by atoms with van der Waals surface area (Å²) in [5.74, 6) is -1.12. The summed E-state index contributed by atoms with van der Waals surface area (Å²) in [6.45, 7) is 0. The lowest BCUT2D eigenvalue weighted by atomic mass is 10.3. The number of rotatable bonds is 6. The van der Waals surface area contributed by atoms with E-state index in [0.29, 0.717) is 0 Å². The molecule has 0 atom stereocenters. The fraction of sp³-hybridized carbons (Fsp3) is 0.400. The second kappa shape index (κ2) is 9.38. The summed E-state index contributed by atoms with van der Waals surface area (Å²) in [5.41, 5.74) is -0.0844. The SMILES string of the molecule is FC(F)(F)C(Oc1nc(Nc2ccc(Cl)cc2)nc(OC(C(F)(F)F)C(F)(F)F)n1)C(F)(F)F. The lowest BCUT2D eigenvalue weighted by Crippen LogP contribution is -2.47. The van der Waals surface area contributed by atoms with Gasteiger partial charge in [-0.3, -0.25) is 0 Å².